The van der Waals surface area contributed by atoms with Crippen LogP contribution >= 0.6 is 11.6 Å². The highest BCUT2D eigenvalue weighted by Gasteiger charge is 2.37. The van der Waals surface area contributed by atoms with Crippen molar-refractivity contribution in [2.75, 3.05) is 18.0 Å². The molecule has 1 saturated carbocycles. The molecule has 3 nitrogen and oxygen atoms in total. The van der Waals surface area contributed by atoms with Gasteiger partial charge in [-0.05, 0) is 37.2 Å². The van der Waals surface area contributed by atoms with Crippen LogP contribution in [-0.2, 0) is 0 Å². The molecule has 0 bridgehead atoms. The molecule has 1 aliphatic heterocycles. The predicted octanol–water partition coefficient (Wildman–Crippen LogP) is 2.44. The first kappa shape index (κ1) is 12.2. The molecule has 2 fully saturated rings. The van der Waals surface area contributed by atoms with Gasteiger partial charge in [0.05, 0.1) is 5.02 Å². The van der Waals surface area contributed by atoms with Gasteiger partial charge in [0, 0.05) is 25.3 Å². The summed E-state index contributed by atoms with van der Waals surface area (Å²) in [4.78, 5) is 6.17. The van der Waals surface area contributed by atoms with E-state index in [2.05, 4.69) is 4.98 Å². The van der Waals surface area contributed by atoms with Crippen LogP contribution in [0, 0.1) is 17.7 Å². The first-order valence-electron chi connectivity index (χ1n) is 6.45. The summed E-state index contributed by atoms with van der Waals surface area (Å²) < 4.78 is 13.8. The van der Waals surface area contributed by atoms with Crippen molar-refractivity contribution in [2.45, 2.75) is 25.3 Å². The first-order chi connectivity index (χ1) is 8.63. The molecule has 1 aromatic rings. The van der Waals surface area contributed by atoms with Gasteiger partial charge in [-0.1, -0.05) is 11.6 Å². The van der Waals surface area contributed by atoms with Crippen LogP contribution in [0.15, 0.2) is 12.3 Å². The highest BCUT2D eigenvalue weighted by molar-refractivity contribution is 6.30. The van der Waals surface area contributed by atoms with Crippen molar-refractivity contribution in [1.82, 2.24) is 4.98 Å². The van der Waals surface area contributed by atoms with Gasteiger partial charge in [0.15, 0.2) is 11.6 Å². The lowest BCUT2D eigenvalue weighted by Gasteiger charge is -2.27. The number of rotatable bonds is 1. The smallest absolute Gasteiger partial charge is 0.167 e. The Labute approximate surface area is 111 Å². The quantitative estimate of drug-likeness (QED) is 0.851. The van der Waals surface area contributed by atoms with Crippen molar-refractivity contribution < 1.29 is 4.39 Å². The maximum atomic E-state index is 13.8. The highest BCUT2D eigenvalue weighted by Crippen LogP contribution is 2.37. The van der Waals surface area contributed by atoms with Gasteiger partial charge in [-0.3, -0.25) is 0 Å². The Morgan fingerprint density at radius 3 is 2.89 bits per heavy atom. The number of anilines is 1. The van der Waals surface area contributed by atoms with E-state index < -0.39 is 0 Å². The Bertz CT molecular complexity index is 454. The fourth-order valence-corrected chi connectivity index (χ4v) is 3.43. The molecular formula is C13H17ClFN3. The van der Waals surface area contributed by atoms with Gasteiger partial charge >= 0.3 is 0 Å². The lowest BCUT2D eigenvalue weighted by atomic mass is 9.79. The van der Waals surface area contributed by atoms with E-state index in [-0.39, 0.29) is 5.82 Å². The Balaban J connectivity index is 1.78. The van der Waals surface area contributed by atoms with E-state index in [0.717, 1.165) is 32.4 Å². The third-order valence-corrected chi connectivity index (χ3v) is 4.38. The third kappa shape index (κ3) is 2.19. The van der Waals surface area contributed by atoms with Crippen molar-refractivity contribution >= 4 is 17.4 Å². The lowest BCUT2D eigenvalue weighted by Crippen LogP contribution is -2.32. The Morgan fingerprint density at radius 1 is 1.33 bits per heavy atom. The van der Waals surface area contributed by atoms with Gasteiger partial charge in [0.2, 0.25) is 0 Å². The fraction of sp³-hybridized carbons (Fsp3) is 0.615. The second kappa shape index (κ2) is 4.67. The van der Waals surface area contributed by atoms with Crippen molar-refractivity contribution in [2.24, 2.45) is 17.6 Å². The van der Waals surface area contributed by atoms with Gasteiger partial charge in [0.1, 0.15) is 0 Å². The van der Waals surface area contributed by atoms with E-state index in [0.29, 0.717) is 28.7 Å². The van der Waals surface area contributed by atoms with E-state index in [1.807, 2.05) is 4.90 Å². The van der Waals surface area contributed by atoms with E-state index in [9.17, 15) is 4.39 Å². The number of hydrogen-bond donors (Lipinski definition) is 1. The molecule has 3 rings (SSSR count). The molecule has 1 saturated heterocycles. The fourth-order valence-electron chi connectivity index (χ4n) is 3.28. The minimum Gasteiger partial charge on any atom is -0.354 e. The van der Waals surface area contributed by atoms with E-state index in [1.54, 1.807) is 0 Å². The zero-order chi connectivity index (χ0) is 12.7. The van der Waals surface area contributed by atoms with Crippen molar-refractivity contribution in [3.05, 3.63) is 23.1 Å². The zero-order valence-corrected chi connectivity index (χ0v) is 10.9. The number of pyridine rings is 1. The number of nitrogens with zero attached hydrogens (tertiary/aromatic N) is 2. The van der Waals surface area contributed by atoms with Gasteiger partial charge in [-0.15, -0.1) is 0 Å². The van der Waals surface area contributed by atoms with Crippen LogP contribution in [0.4, 0.5) is 10.2 Å². The highest BCUT2D eigenvalue weighted by atomic mass is 35.5. The maximum absolute atomic E-state index is 13.8. The molecule has 1 unspecified atom stereocenters. The third-order valence-electron chi connectivity index (χ3n) is 4.18. The normalized spacial score (nSPS) is 31.5. The first-order valence-corrected chi connectivity index (χ1v) is 6.83. The Hall–Kier alpha value is -0.870. The van der Waals surface area contributed by atoms with Crippen LogP contribution in [-0.4, -0.2) is 24.1 Å². The maximum Gasteiger partial charge on any atom is 0.167 e. The summed E-state index contributed by atoms with van der Waals surface area (Å²) in [5, 5.41) is 0.342. The SMILES string of the molecule is NC1CC[C@@H]2CN(c3ncc(Cl)cc3F)C[C@@H]2C1. The summed E-state index contributed by atoms with van der Waals surface area (Å²) in [6.45, 7) is 1.76. The molecule has 2 aliphatic rings. The number of nitrogens with two attached hydrogens (primary N) is 1. The number of aromatic nitrogens is 1. The molecule has 1 aromatic heterocycles. The Morgan fingerprint density at radius 2 is 2.11 bits per heavy atom. The predicted molar refractivity (Wildman–Crippen MR) is 70.2 cm³/mol. The zero-order valence-electron chi connectivity index (χ0n) is 10.1. The summed E-state index contributed by atoms with van der Waals surface area (Å²) in [5.74, 6) is 1.33. The molecule has 18 heavy (non-hydrogen) atoms. The van der Waals surface area contributed by atoms with Gasteiger partial charge < -0.3 is 10.6 Å². The topological polar surface area (TPSA) is 42.1 Å². The summed E-state index contributed by atoms with van der Waals surface area (Å²) in [5.41, 5.74) is 6.00. The minimum absolute atomic E-state index is 0.314. The average Bonchev–Trinajstić information content (AvgIpc) is 2.71. The number of fused-ring (bicyclic) bond motifs is 1. The summed E-state index contributed by atoms with van der Waals surface area (Å²) in [6, 6.07) is 1.65. The molecule has 0 aromatic carbocycles. The van der Waals surface area contributed by atoms with E-state index in [1.165, 1.54) is 12.3 Å². The summed E-state index contributed by atoms with van der Waals surface area (Å²) in [7, 11) is 0. The van der Waals surface area contributed by atoms with Crippen LogP contribution < -0.4 is 10.6 Å². The van der Waals surface area contributed by atoms with Crippen molar-refractivity contribution in [3.63, 3.8) is 0 Å². The summed E-state index contributed by atoms with van der Waals surface area (Å²) in [6.07, 6.45) is 4.80. The largest absolute Gasteiger partial charge is 0.354 e. The molecule has 0 radical (unpaired) electrons. The van der Waals surface area contributed by atoms with Gasteiger partial charge in [-0.25, -0.2) is 9.37 Å². The lowest BCUT2D eigenvalue weighted by molar-refractivity contribution is 0.271. The van der Waals surface area contributed by atoms with Gasteiger partial charge in [0.25, 0.3) is 0 Å². The van der Waals surface area contributed by atoms with Crippen LogP contribution in [0.25, 0.3) is 0 Å². The molecule has 1 aliphatic carbocycles. The second-order valence-corrected chi connectivity index (χ2v) is 5.89. The molecule has 98 valence electrons. The molecule has 3 atom stereocenters. The van der Waals surface area contributed by atoms with Crippen LogP contribution in [0.2, 0.25) is 5.02 Å². The van der Waals surface area contributed by atoms with Crippen LogP contribution in [0.3, 0.4) is 0 Å². The molecule has 0 spiro atoms. The molecular weight excluding hydrogens is 253 g/mol. The van der Waals surface area contributed by atoms with Crippen molar-refractivity contribution in [1.29, 1.82) is 0 Å². The molecule has 2 heterocycles. The monoisotopic (exact) mass is 269 g/mol. The average molecular weight is 270 g/mol. The minimum atomic E-state index is -0.328. The van der Waals surface area contributed by atoms with Crippen molar-refractivity contribution in [3.8, 4) is 0 Å². The van der Waals surface area contributed by atoms with Gasteiger partial charge in [-0.2, -0.15) is 0 Å². The number of halogens is 2. The van der Waals surface area contributed by atoms with E-state index >= 15 is 0 Å². The Kier molecular flexibility index (Phi) is 3.16. The van der Waals surface area contributed by atoms with Crippen LogP contribution in [0.1, 0.15) is 19.3 Å². The summed E-state index contributed by atoms with van der Waals surface area (Å²) >= 11 is 5.73. The second-order valence-electron chi connectivity index (χ2n) is 5.46. The standard InChI is InChI=1S/C13H17ClFN3/c14-10-4-12(15)13(17-5-10)18-6-8-1-2-11(16)3-9(8)7-18/h4-5,8-9,11H,1-3,6-7,16H2/t8-,9+,11?/m1/s1. The number of hydrogen-bond acceptors (Lipinski definition) is 3. The molecule has 0 amide bonds. The molecule has 5 heteroatoms. The van der Waals surface area contributed by atoms with Crippen LogP contribution in [0.5, 0.6) is 0 Å². The van der Waals surface area contributed by atoms with E-state index in [4.69, 9.17) is 17.3 Å². The molecule has 2 N–H and O–H groups in total.